The van der Waals surface area contributed by atoms with E-state index in [0.29, 0.717) is 0 Å². The summed E-state index contributed by atoms with van der Waals surface area (Å²) >= 11 is 0. The first-order valence-electron chi connectivity index (χ1n) is 4.75. The lowest BCUT2D eigenvalue weighted by molar-refractivity contribution is -0.117. The van der Waals surface area contributed by atoms with Crippen LogP contribution in [-0.2, 0) is 4.79 Å². The van der Waals surface area contributed by atoms with E-state index < -0.39 is 0 Å². The van der Waals surface area contributed by atoms with Gasteiger partial charge in [0.05, 0.1) is 5.69 Å². The molecule has 0 bridgehead atoms. The van der Waals surface area contributed by atoms with Gasteiger partial charge in [-0.2, -0.15) is 0 Å². The Bertz CT molecular complexity index is 376. The summed E-state index contributed by atoms with van der Waals surface area (Å²) in [6.07, 6.45) is 0.765. The maximum Gasteiger partial charge on any atom is 0.246 e. The Labute approximate surface area is 82.7 Å². The van der Waals surface area contributed by atoms with Crippen LogP contribution in [0.1, 0.15) is 19.0 Å². The standard InChI is InChI=1S/C10H13N3O/c1-3-7-10(14)13-8-5-4-6(2)11-9(8)12-7/h4-5,7H,3H2,1-2H3,(H,11,12)(H,13,14). The maximum absolute atomic E-state index is 11.5. The number of rotatable bonds is 1. The summed E-state index contributed by atoms with van der Waals surface area (Å²) in [6, 6.07) is 3.60. The molecule has 2 rings (SSSR count). The molecule has 1 aliphatic heterocycles. The van der Waals surface area contributed by atoms with Crippen LogP contribution in [0.4, 0.5) is 11.5 Å². The Hall–Kier alpha value is -1.58. The van der Waals surface area contributed by atoms with E-state index in [2.05, 4.69) is 15.6 Å². The fraction of sp³-hybridized carbons (Fsp3) is 0.400. The average Bonchev–Trinajstić information content (AvgIpc) is 2.17. The number of hydrogen-bond donors (Lipinski definition) is 2. The molecule has 0 saturated heterocycles. The summed E-state index contributed by atoms with van der Waals surface area (Å²) in [5.74, 6) is 0.794. The van der Waals surface area contributed by atoms with Gasteiger partial charge < -0.3 is 10.6 Å². The van der Waals surface area contributed by atoms with E-state index in [0.717, 1.165) is 23.6 Å². The maximum atomic E-state index is 11.5. The molecule has 1 aromatic heterocycles. The first-order valence-corrected chi connectivity index (χ1v) is 4.75. The van der Waals surface area contributed by atoms with Gasteiger partial charge in [0.2, 0.25) is 5.91 Å². The van der Waals surface area contributed by atoms with E-state index in [4.69, 9.17) is 0 Å². The molecule has 1 unspecified atom stereocenters. The zero-order valence-electron chi connectivity index (χ0n) is 8.29. The van der Waals surface area contributed by atoms with Crippen LogP contribution in [0.25, 0.3) is 0 Å². The summed E-state index contributed by atoms with van der Waals surface area (Å²) in [5, 5.41) is 5.94. The molecule has 2 heterocycles. The lowest BCUT2D eigenvalue weighted by Crippen LogP contribution is -2.38. The zero-order valence-corrected chi connectivity index (χ0v) is 8.29. The quantitative estimate of drug-likeness (QED) is 0.707. The SMILES string of the molecule is CCC1Nc2nc(C)ccc2NC1=O. The van der Waals surface area contributed by atoms with Gasteiger partial charge in [0.25, 0.3) is 0 Å². The molecule has 74 valence electrons. The number of pyridine rings is 1. The third-order valence-corrected chi connectivity index (χ3v) is 2.33. The monoisotopic (exact) mass is 191 g/mol. The molecule has 1 aromatic rings. The van der Waals surface area contributed by atoms with Gasteiger partial charge >= 0.3 is 0 Å². The van der Waals surface area contributed by atoms with Crippen molar-refractivity contribution >= 4 is 17.4 Å². The number of carbonyl (C=O) groups excluding carboxylic acids is 1. The molecule has 0 fully saturated rings. The minimum absolute atomic E-state index is 0.0191. The zero-order chi connectivity index (χ0) is 10.1. The number of nitrogens with one attached hydrogen (secondary N) is 2. The molecule has 1 aliphatic rings. The second-order valence-corrected chi connectivity index (χ2v) is 3.44. The van der Waals surface area contributed by atoms with Crippen molar-refractivity contribution in [2.45, 2.75) is 26.3 Å². The molecule has 4 heteroatoms. The number of aryl methyl sites for hydroxylation is 1. The average molecular weight is 191 g/mol. The van der Waals surface area contributed by atoms with E-state index in [-0.39, 0.29) is 11.9 Å². The van der Waals surface area contributed by atoms with Gasteiger partial charge in [-0.15, -0.1) is 0 Å². The predicted octanol–water partition coefficient (Wildman–Crippen LogP) is 1.53. The minimum Gasteiger partial charge on any atom is -0.357 e. The fourth-order valence-corrected chi connectivity index (χ4v) is 1.51. The Morgan fingerprint density at radius 1 is 1.50 bits per heavy atom. The molecule has 0 aliphatic carbocycles. The van der Waals surface area contributed by atoms with E-state index in [1.165, 1.54) is 0 Å². The van der Waals surface area contributed by atoms with Crippen molar-refractivity contribution in [3.05, 3.63) is 17.8 Å². The summed E-state index contributed by atoms with van der Waals surface area (Å²) < 4.78 is 0. The molecule has 1 atom stereocenters. The van der Waals surface area contributed by atoms with E-state index in [9.17, 15) is 4.79 Å². The second kappa shape index (κ2) is 3.29. The van der Waals surface area contributed by atoms with Crippen LogP contribution in [0.15, 0.2) is 12.1 Å². The lowest BCUT2D eigenvalue weighted by atomic mass is 10.1. The Kier molecular flexibility index (Phi) is 2.11. The molecule has 4 nitrogen and oxygen atoms in total. The highest BCUT2D eigenvalue weighted by atomic mass is 16.2. The minimum atomic E-state index is -0.156. The van der Waals surface area contributed by atoms with Crippen molar-refractivity contribution in [3.63, 3.8) is 0 Å². The number of hydrogen-bond acceptors (Lipinski definition) is 3. The number of anilines is 2. The van der Waals surface area contributed by atoms with Crippen LogP contribution in [0.5, 0.6) is 0 Å². The van der Waals surface area contributed by atoms with Crippen molar-refractivity contribution in [1.29, 1.82) is 0 Å². The molecule has 14 heavy (non-hydrogen) atoms. The highest BCUT2D eigenvalue weighted by Gasteiger charge is 2.24. The molecule has 2 N–H and O–H groups in total. The highest BCUT2D eigenvalue weighted by Crippen LogP contribution is 2.25. The molecule has 0 radical (unpaired) electrons. The summed E-state index contributed by atoms with van der Waals surface area (Å²) in [6.45, 7) is 3.90. The number of nitrogens with zero attached hydrogens (tertiary/aromatic N) is 1. The van der Waals surface area contributed by atoms with Crippen LogP contribution >= 0.6 is 0 Å². The van der Waals surface area contributed by atoms with Crippen LogP contribution in [0.2, 0.25) is 0 Å². The van der Waals surface area contributed by atoms with Crippen molar-refractivity contribution in [2.24, 2.45) is 0 Å². The normalized spacial score (nSPS) is 19.6. The van der Waals surface area contributed by atoms with Crippen LogP contribution in [0, 0.1) is 6.92 Å². The first kappa shape index (κ1) is 8.99. The van der Waals surface area contributed by atoms with Gasteiger partial charge in [-0.3, -0.25) is 4.79 Å². The first-order chi connectivity index (χ1) is 6.70. The van der Waals surface area contributed by atoms with E-state index in [1.807, 2.05) is 26.0 Å². The number of aromatic nitrogens is 1. The summed E-state index contributed by atoms with van der Waals surface area (Å²) in [7, 11) is 0. The molecular weight excluding hydrogens is 178 g/mol. The number of carbonyl (C=O) groups is 1. The number of fused-ring (bicyclic) bond motifs is 1. The van der Waals surface area contributed by atoms with Crippen LogP contribution in [0.3, 0.4) is 0 Å². The van der Waals surface area contributed by atoms with Gasteiger partial charge in [0.1, 0.15) is 6.04 Å². The van der Waals surface area contributed by atoms with Crippen molar-refractivity contribution < 1.29 is 4.79 Å². The Morgan fingerprint density at radius 2 is 2.29 bits per heavy atom. The molecule has 0 spiro atoms. The van der Waals surface area contributed by atoms with Gasteiger partial charge in [0, 0.05) is 5.69 Å². The second-order valence-electron chi connectivity index (χ2n) is 3.44. The lowest BCUT2D eigenvalue weighted by Gasteiger charge is -2.25. The summed E-state index contributed by atoms with van der Waals surface area (Å²) in [4.78, 5) is 15.8. The van der Waals surface area contributed by atoms with Gasteiger partial charge in [-0.25, -0.2) is 4.98 Å². The summed E-state index contributed by atoms with van der Waals surface area (Å²) in [5.41, 5.74) is 1.72. The third kappa shape index (κ3) is 1.43. The van der Waals surface area contributed by atoms with Crippen molar-refractivity contribution in [2.75, 3.05) is 10.6 Å². The van der Waals surface area contributed by atoms with Gasteiger partial charge in [0.15, 0.2) is 5.82 Å². The van der Waals surface area contributed by atoms with E-state index >= 15 is 0 Å². The third-order valence-electron chi connectivity index (χ3n) is 2.33. The fourth-order valence-electron chi connectivity index (χ4n) is 1.51. The topological polar surface area (TPSA) is 54.0 Å². The predicted molar refractivity (Wildman–Crippen MR) is 55.3 cm³/mol. The number of amides is 1. The van der Waals surface area contributed by atoms with Crippen LogP contribution in [-0.4, -0.2) is 16.9 Å². The van der Waals surface area contributed by atoms with Crippen LogP contribution < -0.4 is 10.6 Å². The molecule has 0 saturated carbocycles. The smallest absolute Gasteiger partial charge is 0.246 e. The Balaban J connectivity index is 2.36. The van der Waals surface area contributed by atoms with Crippen molar-refractivity contribution in [3.8, 4) is 0 Å². The molecular formula is C10H13N3O. The molecule has 0 aromatic carbocycles. The van der Waals surface area contributed by atoms with E-state index in [1.54, 1.807) is 0 Å². The van der Waals surface area contributed by atoms with Crippen molar-refractivity contribution in [1.82, 2.24) is 4.98 Å². The highest BCUT2D eigenvalue weighted by molar-refractivity contribution is 6.02. The van der Waals surface area contributed by atoms with Gasteiger partial charge in [-0.1, -0.05) is 6.92 Å². The Morgan fingerprint density at radius 3 is 3.00 bits per heavy atom. The van der Waals surface area contributed by atoms with Gasteiger partial charge in [-0.05, 0) is 25.5 Å². The molecule has 1 amide bonds. The largest absolute Gasteiger partial charge is 0.357 e.